The first kappa shape index (κ1) is 26.1. The van der Waals surface area contributed by atoms with Crippen molar-refractivity contribution in [2.75, 3.05) is 39.9 Å². The van der Waals surface area contributed by atoms with E-state index in [0.717, 1.165) is 54.0 Å². The number of aliphatic imine (C=N–C) groups is 1. The molecule has 3 heterocycles. The fourth-order valence-corrected chi connectivity index (χ4v) is 5.57. The van der Waals surface area contributed by atoms with E-state index >= 15 is 0 Å². The number of carbonyl (C=O) groups excluding carboxylic acids is 1. The molecule has 2 aliphatic rings. The van der Waals surface area contributed by atoms with Gasteiger partial charge in [0.25, 0.3) is 0 Å². The minimum atomic E-state index is -0.414. The summed E-state index contributed by atoms with van der Waals surface area (Å²) in [6.45, 7) is 3.92. The Balaban J connectivity index is 1.24. The summed E-state index contributed by atoms with van der Waals surface area (Å²) in [5.74, 6) is 1.96. The summed E-state index contributed by atoms with van der Waals surface area (Å²) in [6.07, 6.45) is 3.11. The molecule has 40 heavy (non-hydrogen) atoms. The average molecular weight is 559 g/mol. The molecule has 1 unspecified atom stereocenters. The van der Waals surface area contributed by atoms with Crippen molar-refractivity contribution in [3.05, 3.63) is 88.6 Å². The molecule has 0 spiro atoms. The lowest BCUT2D eigenvalue weighted by Gasteiger charge is -2.35. The van der Waals surface area contributed by atoms with Gasteiger partial charge in [-0.3, -0.25) is 9.89 Å². The summed E-state index contributed by atoms with van der Waals surface area (Å²) in [4.78, 5) is 25.3. The third kappa shape index (κ3) is 5.45. The van der Waals surface area contributed by atoms with Gasteiger partial charge >= 0.3 is 6.09 Å². The van der Waals surface area contributed by atoms with Gasteiger partial charge in [0, 0.05) is 41.3 Å². The molecule has 1 N–H and O–H groups in total. The highest BCUT2D eigenvalue weighted by molar-refractivity contribution is 6.31. The number of hydrogen-bond acceptors (Lipinski definition) is 6. The van der Waals surface area contributed by atoms with Crippen molar-refractivity contribution in [1.82, 2.24) is 14.8 Å². The van der Waals surface area contributed by atoms with E-state index in [1.54, 1.807) is 36.3 Å². The van der Waals surface area contributed by atoms with Gasteiger partial charge in [-0.15, -0.1) is 0 Å². The van der Waals surface area contributed by atoms with Gasteiger partial charge in [0.2, 0.25) is 0 Å². The predicted molar refractivity (Wildman–Crippen MR) is 156 cm³/mol. The maximum absolute atomic E-state index is 13.5. The Morgan fingerprint density at radius 2 is 1.80 bits per heavy atom. The van der Waals surface area contributed by atoms with E-state index in [1.165, 1.54) is 5.56 Å². The quantitative estimate of drug-likeness (QED) is 0.265. The summed E-state index contributed by atoms with van der Waals surface area (Å²) in [6, 6.07) is 20.5. The molecule has 0 radical (unpaired) electrons. The Bertz CT molecular complexity index is 1520. The zero-order valence-corrected chi connectivity index (χ0v) is 23.1. The summed E-state index contributed by atoms with van der Waals surface area (Å²) in [7, 11) is 1.60. The second kappa shape index (κ2) is 11.5. The predicted octanol–water partition coefficient (Wildman–Crippen LogP) is 6.09. The highest BCUT2D eigenvalue weighted by Crippen LogP contribution is 2.40. The average Bonchev–Trinajstić information content (AvgIpc) is 3.63. The van der Waals surface area contributed by atoms with Crippen molar-refractivity contribution in [2.45, 2.75) is 18.9 Å². The van der Waals surface area contributed by atoms with Gasteiger partial charge in [-0.1, -0.05) is 23.7 Å². The van der Waals surface area contributed by atoms with Crippen LogP contribution in [0.5, 0.6) is 17.2 Å². The normalized spacial score (nSPS) is 16.3. The summed E-state index contributed by atoms with van der Waals surface area (Å²) in [5.41, 5.74) is 4.09. The van der Waals surface area contributed by atoms with Gasteiger partial charge in [-0.25, -0.2) is 4.79 Å². The van der Waals surface area contributed by atoms with E-state index in [0.29, 0.717) is 36.1 Å². The number of halogens is 1. The number of aromatic nitrogens is 1. The number of methoxy groups -OCH3 is 1. The van der Waals surface area contributed by atoms with Gasteiger partial charge in [0.15, 0.2) is 0 Å². The number of fused-ring (bicyclic) bond motifs is 3. The monoisotopic (exact) mass is 558 g/mol. The lowest BCUT2D eigenvalue weighted by atomic mass is 9.92. The van der Waals surface area contributed by atoms with Gasteiger partial charge in [-0.05, 0) is 78.6 Å². The van der Waals surface area contributed by atoms with Crippen LogP contribution in [-0.2, 0) is 6.42 Å². The minimum Gasteiger partial charge on any atom is -0.497 e. The fraction of sp³-hybridized carbons (Fsp3) is 0.290. The highest BCUT2D eigenvalue weighted by atomic mass is 35.5. The molecule has 1 amide bonds. The number of rotatable bonds is 8. The van der Waals surface area contributed by atoms with Crippen molar-refractivity contribution >= 4 is 34.9 Å². The number of nitrogens with one attached hydrogen (secondary N) is 1. The zero-order valence-electron chi connectivity index (χ0n) is 22.3. The molecule has 206 valence electrons. The molecule has 0 saturated heterocycles. The van der Waals surface area contributed by atoms with Crippen LogP contribution in [0.2, 0.25) is 5.02 Å². The molecule has 0 fully saturated rings. The summed E-state index contributed by atoms with van der Waals surface area (Å²) < 4.78 is 17.0. The fourth-order valence-electron chi connectivity index (χ4n) is 5.40. The molecule has 2 aliphatic heterocycles. The lowest BCUT2D eigenvalue weighted by Crippen LogP contribution is -2.42. The second-order valence-corrected chi connectivity index (χ2v) is 10.4. The smallest absolute Gasteiger partial charge is 0.416 e. The molecule has 0 bridgehead atoms. The second-order valence-electron chi connectivity index (χ2n) is 9.93. The van der Waals surface area contributed by atoms with Crippen LogP contribution in [-0.4, -0.2) is 67.1 Å². The number of H-pyrrole nitrogens is 1. The van der Waals surface area contributed by atoms with Crippen molar-refractivity contribution in [2.24, 2.45) is 4.99 Å². The number of aromatic amines is 1. The van der Waals surface area contributed by atoms with Crippen LogP contribution >= 0.6 is 11.6 Å². The highest BCUT2D eigenvalue weighted by Gasteiger charge is 2.35. The van der Waals surface area contributed by atoms with Gasteiger partial charge in [0.1, 0.15) is 23.3 Å². The van der Waals surface area contributed by atoms with Crippen molar-refractivity contribution in [3.8, 4) is 17.2 Å². The van der Waals surface area contributed by atoms with Crippen LogP contribution in [0.3, 0.4) is 0 Å². The number of carbonyl (C=O) groups is 1. The van der Waals surface area contributed by atoms with E-state index in [2.05, 4.69) is 14.9 Å². The van der Waals surface area contributed by atoms with Crippen molar-refractivity contribution < 1.29 is 19.0 Å². The van der Waals surface area contributed by atoms with E-state index < -0.39 is 6.09 Å². The molecule has 3 aromatic carbocycles. The number of amides is 1. The van der Waals surface area contributed by atoms with E-state index in [4.69, 9.17) is 25.8 Å². The molecule has 4 aromatic rings. The SMILES string of the molecule is COc1ccc(OC(=O)N2CCc3c([nH]c4ccc(Cl)cc34)C2c2ccc(OCCCN3C=NCC3)cc2)cc1. The maximum Gasteiger partial charge on any atom is 0.416 e. The molecule has 1 aromatic heterocycles. The molecule has 0 aliphatic carbocycles. The first-order valence-electron chi connectivity index (χ1n) is 13.5. The Morgan fingerprint density at radius 1 is 1.02 bits per heavy atom. The van der Waals surface area contributed by atoms with E-state index in [9.17, 15) is 4.79 Å². The molecule has 9 heteroatoms. The van der Waals surface area contributed by atoms with Gasteiger partial charge in [0.05, 0.1) is 26.6 Å². The Labute approximate surface area is 238 Å². The number of benzene rings is 3. The standard InChI is InChI=1S/C31H31ClN4O4/c1-38-23-8-10-25(11-9-23)40-31(37)36-16-13-26-27-19-22(32)5-12-28(27)34-29(26)30(36)21-3-6-24(7-4-21)39-18-2-15-35-17-14-33-20-35/h3-12,19-20,30,34H,2,13-18H2,1H3. The Hall–Kier alpha value is -4.17. The first-order chi connectivity index (χ1) is 19.6. The van der Waals surface area contributed by atoms with Crippen LogP contribution in [0.1, 0.15) is 29.3 Å². The molecular weight excluding hydrogens is 528 g/mol. The number of hydrogen-bond donors (Lipinski definition) is 1. The first-order valence-corrected chi connectivity index (χ1v) is 13.9. The molecule has 0 saturated carbocycles. The molecule has 1 atom stereocenters. The summed E-state index contributed by atoms with van der Waals surface area (Å²) in [5, 5.41) is 1.77. The van der Waals surface area contributed by atoms with E-state index in [1.807, 2.05) is 48.8 Å². The summed E-state index contributed by atoms with van der Waals surface area (Å²) >= 11 is 6.34. The maximum atomic E-state index is 13.5. The van der Waals surface area contributed by atoms with Crippen LogP contribution in [0.25, 0.3) is 10.9 Å². The van der Waals surface area contributed by atoms with Crippen LogP contribution < -0.4 is 14.2 Å². The minimum absolute atomic E-state index is 0.357. The number of ether oxygens (including phenoxy) is 3. The third-order valence-electron chi connectivity index (χ3n) is 7.40. The van der Waals surface area contributed by atoms with Crippen molar-refractivity contribution in [1.29, 1.82) is 0 Å². The van der Waals surface area contributed by atoms with Crippen LogP contribution in [0.15, 0.2) is 71.7 Å². The zero-order chi connectivity index (χ0) is 27.5. The third-order valence-corrected chi connectivity index (χ3v) is 7.64. The molecular formula is C31H31ClN4O4. The molecule has 8 nitrogen and oxygen atoms in total. The Kier molecular flexibility index (Phi) is 7.51. The van der Waals surface area contributed by atoms with E-state index in [-0.39, 0.29) is 6.04 Å². The van der Waals surface area contributed by atoms with Crippen molar-refractivity contribution in [3.63, 3.8) is 0 Å². The van der Waals surface area contributed by atoms with Gasteiger partial charge in [-0.2, -0.15) is 0 Å². The number of nitrogens with zero attached hydrogens (tertiary/aromatic N) is 3. The molecule has 6 rings (SSSR count). The van der Waals surface area contributed by atoms with Crippen LogP contribution in [0, 0.1) is 0 Å². The largest absolute Gasteiger partial charge is 0.497 e. The Morgan fingerprint density at radius 3 is 2.55 bits per heavy atom. The van der Waals surface area contributed by atoms with Gasteiger partial charge < -0.3 is 24.1 Å². The lowest BCUT2D eigenvalue weighted by molar-refractivity contribution is 0.135. The van der Waals surface area contributed by atoms with Crippen LogP contribution in [0.4, 0.5) is 4.79 Å². The topological polar surface area (TPSA) is 79.4 Å².